The second-order valence-electron chi connectivity index (χ2n) is 3.47. The molecule has 2 rings (SSSR count). The van der Waals surface area contributed by atoms with Crippen LogP contribution in [0.2, 0.25) is 0 Å². The summed E-state index contributed by atoms with van der Waals surface area (Å²) in [5, 5.41) is 14.3. The molecule has 0 aliphatic carbocycles. The van der Waals surface area contributed by atoms with E-state index in [1.807, 2.05) is 0 Å². The van der Waals surface area contributed by atoms with E-state index in [-0.39, 0.29) is 5.92 Å². The highest BCUT2D eigenvalue weighted by Crippen LogP contribution is 2.33. The molecule has 1 fully saturated rings. The fraction of sp³-hybridized carbons (Fsp3) is 0.500. The Kier molecular flexibility index (Phi) is 2.34. The largest absolute Gasteiger partial charge is 0.315 e. The SMILES string of the molecule is Cc1ccsc1C1CNCC1C#N. The number of thiophene rings is 1. The number of hydrogen-bond donors (Lipinski definition) is 1. The molecule has 3 heteroatoms. The molecule has 1 aliphatic rings. The molecule has 0 spiro atoms. The van der Waals surface area contributed by atoms with Crippen molar-refractivity contribution in [2.45, 2.75) is 12.8 Å². The normalized spacial score (nSPS) is 27.4. The van der Waals surface area contributed by atoms with Crippen LogP contribution in [0.15, 0.2) is 11.4 Å². The molecule has 2 atom stereocenters. The number of aryl methyl sites for hydroxylation is 1. The van der Waals surface area contributed by atoms with Gasteiger partial charge in [0, 0.05) is 23.9 Å². The van der Waals surface area contributed by atoms with E-state index in [0.29, 0.717) is 5.92 Å². The van der Waals surface area contributed by atoms with Gasteiger partial charge in [0.1, 0.15) is 0 Å². The van der Waals surface area contributed by atoms with Crippen molar-refractivity contribution in [1.82, 2.24) is 5.32 Å². The number of hydrogen-bond acceptors (Lipinski definition) is 3. The van der Waals surface area contributed by atoms with Gasteiger partial charge in [0.05, 0.1) is 12.0 Å². The maximum Gasteiger partial charge on any atom is 0.0676 e. The van der Waals surface area contributed by atoms with E-state index in [4.69, 9.17) is 5.26 Å². The summed E-state index contributed by atoms with van der Waals surface area (Å²) in [5.74, 6) is 0.586. The van der Waals surface area contributed by atoms with Gasteiger partial charge in [-0.2, -0.15) is 5.26 Å². The van der Waals surface area contributed by atoms with Crippen LogP contribution in [0.5, 0.6) is 0 Å². The summed E-state index contributed by atoms with van der Waals surface area (Å²) in [6.07, 6.45) is 0. The first kappa shape index (κ1) is 8.74. The summed E-state index contributed by atoms with van der Waals surface area (Å²) in [6, 6.07) is 4.51. The summed E-state index contributed by atoms with van der Waals surface area (Å²) in [4.78, 5) is 1.39. The topological polar surface area (TPSA) is 35.8 Å². The van der Waals surface area contributed by atoms with Crippen molar-refractivity contribution in [3.63, 3.8) is 0 Å². The Morgan fingerprint density at radius 1 is 1.62 bits per heavy atom. The summed E-state index contributed by atoms with van der Waals surface area (Å²) in [6.45, 7) is 3.93. The summed E-state index contributed by atoms with van der Waals surface area (Å²) < 4.78 is 0. The molecule has 68 valence electrons. The third-order valence-electron chi connectivity index (χ3n) is 2.62. The van der Waals surface area contributed by atoms with Gasteiger partial charge >= 0.3 is 0 Å². The zero-order chi connectivity index (χ0) is 9.26. The van der Waals surface area contributed by atoms with Gasteiger partial charge in [-0.3, -0.25) is 0 Å². The monoisotopic (exact) mass is 192 g/mol. The molecule has 13 heavy (non-hydrogen) atoms. The predicted octanol–water partition coefficient (Wildman–Crippen LogP) is 1.88. The highest BCUT2D eigenvalue weighted by molar-refractivity contribution is 7.10. The smallest absolute Gasteiger partial charge is 0.0676 e. The fourth-order valence-corrected chi connectivity index (χ4v) is 2.95. The average molecular weight is 192 g/mol. The highest BCUT2D eigenvalue weighted by Gasteiger charge is 2.29. The van der Waals surface area contributed by atoms with Crippen LogP contribution < -0.4 is 5.32 Å². The van der Waals surface area contributed by atoms with Crippen LogP contribution in [0.3, 0.4) is 0 Å². The van der Waals surface area contributed by atoms with E-state index in [2.05, 4.69) is 29.8 Å². The van der Waals surface area contributed by atoms with E-state index in [0.717, 1.165) is 13.1 Å². The van der Waals surface area contributed by atoms with E-state index in [1.54, 1.807) is 11.3 Å². The third kappa shape index (κ3) is 1.48. The lowest BCUT2D eigenvalue weighted by Gasteiger charge is -2.10. The highest BCUT2D eigenvalue weighted by atomic mass is 32.1. The van der Waals surface area contributed by atoms with E-state index in [9.17, 15) is 0 Å². The standard InChI is InChI=1S/C10H12N2S/c1-7-2-3-13-10(7)9-6-12-5-8(9)4-11/h2-3,8-9,12H,5-6H2,1H3. The lowest BCUT2D eigenvalue weighted by atomic mass is 9.94. The molecule has 1 aliphatic heterocycles. The molecule has 1 aromatic heterocycles. The van der Waals surface area contributed by atoms with E-state index >= 15 is 0 Å². The second-order valence-corrected chi connectivity index (χ2v) is 4.42. The summed E-state index contributed by atoms with van der Waals surface area (Å²) >= 11 is 1.77. The Bertz CT molecular complexity index is 337. The first-order valence-electron chi connectivity index (χ1n) is 4.47. The van der Waals surface area contributed by atoms with Crippen LogP contribution in [0.4, 0.5) is 0 Å². The number of nitrogens with zero attached hydrogens (tertiary/aromatic N) is 1. The van der Waals surface area contributed by atoms with Gasteiger partial charge < -0.3 is 5.32 Å². The minimum absolute atomic E-state index is 0.164. The first-order chi connectivity index (χ1) is 6.33. The molecular weight excluding hydrogens is 180 g/mol. The van der Waals surface area contributed by atoms with Crippen LogP contribution in [0, 0.1) is 24.2 Å². The fourth-order valence-electron chi connectivity index (χ4n) is 1.85. The lowest BCUT2D eigenvalue weighted by Crippen LogP contribution is -2.07. The zero-order valence-corrected chi connectivity index (χ0v) is 8.40. The average Bonchev–Trinajstić information content (AvgIpc) is 2.71. The molecule has 1 saturated heterocycles. The quantitative estimate of drug-likeness (QED) is 0.737. The molecule has 2 heterocycles. The maximum absolute atomic E-state index is 8.94. The van der Waals surface area contributed by atoms with Crippen molar-refractivity contribution < 1.29 is 0 Å². The van der Waals surface area contributed by atoms with Crippen LogP contribution in [0.1, 0.15) is 16.4 Å². The molecular formula is C10H12N2S. The van der Waals surface area contributed by atoms with Crippen LogP contribution in [0.25, 0.3) is 0 Å². The van der Waals surface area contributed by atoms with Crippen molar-refractivity contribution in [2.75, 3.05) is 13.1 Å². The van der Waals surface area contributed by atoms with Crippen LogP contribution >= 0.6 is 11.3 Å². The van der Waals surface area contributed by atoms with Gasteiger partial charge in [-0.25, -0.2) is 0 Å². The predicted molar refractivity (Wildman–Crippen MR) is 53.8 cm³/mol. The van der Waals surface area contributed by atoms with Crippen molar-refractivity contribution in [3.8, 4) is 6.07 Å². The molecule has 1 aromatic rings. The van der Waals surface area contributed by atoms with Gasteiger partial charge in [0.15, 0.2) is 0 Å². The van der Waals surface area contributed by atoms with Gasteiger partial charge in [0.2, 0.25) is 0 Å². The molecule has 2 nitrogen and oxygen atoms in total. The molecule has 0 amide bonds. The Labute approximate surface area is 82.2 Å². The summed E-state index contributed by atoms with van der Waals surface area (Å²) in [5.41, 5.74) is 1.33. The Morgan fingerprint density at radius 2 is 2.46 bits per heavy atom. The van der Waals surface area contributed by atoms with E-state index in [1.165, 1.54) is 10.4 Å². The molecule has 0 radical (unpaired) electrons. The van der Waals surface area contributed by atoms with Gasteiger partial charge in [-0.1, -0.05) is 0 Å². The molecule has 0 saturated carbocycles. The molecule has 0 aromatic carbocycles. The zero-order valence-electron chi connectivity index (χ0n) is 7.58. The number of nitriles is 1. The molecule has 1 N–H and O–H groups in total. The van der Waals surface area contributed by atoms with Crippen LogP contribution in [-0.2, 0) is 0 Å². The lowest BCUT2D eigenvalue weighted by molar-refractivity contribution is 0.654. The van der Waals surface area contributed by atoms with Crippen molar-refractivity contribution in [2.24, 2.45) is 5.92 Å². The van der Waals surface area contributed by atoms with Gasteiger partial charge in [-0.15, -0.1) is 11.3 Å². The van der Waals surface area contributed by atoms with Gasteiger partial charge in [0.25, 0.3) is 0 Å². The minimum Gasteiger partial charge on any atom is -0.315 e. The number of rotatable bonds is 1. The Balaban J connectivity index is 2.27. The summed E-state index contributed by atoms with van der Waals surface area (Å²) in [7, 11) is 0. The first-order valence-corrected chi connectivity index (χ1v) is 5.35. The minimum atomic E-state index is 0.164. The second kappa shape index (κ2) is 3.49. The Morgan fingerprint density at radius 3 is 3.08 bits per heavy atom. The van der Waals surface area contributed by atoms with Crippen molar-refractivity contribution >= 4 is 11.3 Å². The van der Waals surface area contributed by atoms with Crippen molar-refractivity contribution in [3.05, 3.63) is 21.9 Å². The maximum atomic E-state index is 8.94. The third-order valence-corrected chi connectivity index (χ3v) is 3.77. The van der Waals surface area contributed by atoms with Gasteiger partial charge in [-0.05, 0) is 23.9 Å². The van der Waals surface area contributed by atoms with Crippen molar-refractivity contribution in [1.29, 1.82) is 5.26 Å². The number of nitrogens with one attached hydrogen (secondary N) is 1. The molecule has 0 bridgehead atoms. The molecule has 2 unspecified atom stereocenters. The Hall–Kier alpha value is -0.850. The van der Waals surface area contributed by atoms with Crippen LogP contribution in [-0.4, -0.2) is 13.1 Å². The van der Waals surface area contributed by atoms with E-state index < -0.39 is 0 Å².